The molecule has 2 aromatic rings. The first-order chi connectivity index (χ1) is 7.34. The molecule has 3 rings (SSSR count). The number of phenols is 1. The van der Waals surface area contributed by atoms with Crippen LogP contribution in [0.1, 0.15) is 0 Å². The molecule has 2 N–H and O–H groups in total. The summed E-state index contributed by atoms with van der Waals surface area (Å²) >= 11 is 0. The molecule has 3 nitrogen and oxygen atoms in total. The van der Waals surface area contributed by atoms with Crippen molar-refractivity contribution in [2.45, 2.75) is 0 Å². The molecule has 0 saturated carbocycles. The highest BCUT2D eigenvalue weighted by Crippen LogP contribution is 2.45. The highest BCUT2D eigenvalue weighted by atomic mass is 16.5. The number of rotatable bonds is 0. The number of hydrogen-bond donors (Lipinski definition) is 2. The average molecular weight is 199 g/mol. The zero-order chi connectivity index (χ0) is 10.3. The third-order valence-electron chi connectivity index (χ3n) is 2.36. The van der Waals surface area contributed by atoms with E-state index in [2.05, 4.69) is 5.32 Å². The molecule has 0 amide bonds. The maximum atomic E-state index is 9.62. The van der Waals surface area contributed by atoms with Crippen LogP contribution in [0.4, 0.5) is 11.4 Å². The molecule has 0 atom stereocenters. The van der Waals surface area contributed by atoms with Gasteiger partial charge in [0.05, 0.1) is 11.4 Å². The Kier molecular flexibility index (Phi) is 1.59. The lowest BCUT2D eigenvalue weighted by Gasteiger charge is -2.21. The van der Waals surface area contributed by atoms with Crippen LogP contribution in [0.15, 0.2) is 42.5 Å². The third-order valence-corrected chi connectivity index (χ3v) is 2.36. The Hall–Kier alpha value is -2.16. The molecule has 15 heavy (non-hydrogen) atoms. The Balaban J connectivity index is 2.15. The van der Waals surface area contributed by atoms with E-state index >= 15 is 0 Å². The standard InChI is InChI=1S/C12H9NO2/c14-10-6-3-5-9-12(10)15-11-7-2-1-4-8(11)13-9/h1-7,13-14H. The van der Waals surface area contributed by atoms with Gasteiger partial charge in [0, 0.05) is 0 Å². The number of para-hydroxylation sites is 3. The van der Waals surface area contributed by atoms with Crippen molar-refractivity contribution in [3.8, 4) is 17.2 Å². The normalized spacial score (nSPS) is 12.0. The Bertz CT molecular complexity index is 523. The second-order valence-electron chi connectivity index (χ2n) is 3.38. The molecule has 0 radical (unpaired) electrons. The number of fused-ring (bicyclic) bond motifs is 2. The van der Waals surface area contributed by atoms with Crippen LogP contribution >= 0.6 is 0 Å². The molecule has 0 bridgehead atoms. The van der Waals surface area contributed by atoms with Crippen LogP contribution in [-0.2, 0) is 0 Å². The molecule has 0 aromatic heterocycles. The van der Waals surface area contributed by atoms with Crippen LogP contribution in [-0.4, -0.2) is 5.11 Å². The van der Waals surface area contributed by atoms with Crippen LogP contribution in [0.25, 0.3) is 0 Å². The van der Waals surface area contributed by atoms with Gasteiger partial charge < -0.3 is 15.2 Å². The highest BCUT2D eigenvalue weighted by Gasteiger charge is 2.18. The van der Waals surface area contributed by atoms with Gasteiger partial charge in [0.1, 0.15) is 0 Å². The van der Waals surface area contributed by atoms with Crippen LogP contribution < -0.4 is 10.1 Å². The van der Waals surface area contributed by atoms with Crippen molar-refractivity contribution in [2.24, 2.45) is 0 Å². The summed E-state index contributed by atoms with van der Waals surface area (Å²) in [5.74, 6) is 1.36. The van der Waals surface area contributed by atoms with Gasteiger partial charge in [-0.25, -0.2) is 0 Å². The Morgan fingerprint density at radius 3 is 2.67 bits per heavy atom. The van der Waals surface area contributed by atoms with Crippen molar-refractivity contribution in [1.29, 1.82) is 0 Å². The lowest BCUT2D eigenvalue weighted by molar-refractivity contribution is 0.411. The van der Waals surface area contributed by atoms with E-state index in [1.54, 1.807) is 12.1 Å². The van der Waals surface area contributed by atoms with E-state index in [-0.39, 0.29) is 5.75 Å². The molecule has 1 aliphatic rings. The van der Waals surface area contributed by atoms with Crippen molar-refractivity contribution in [3.63, 3.8) is 0 Å². The van der Waals surface area contributed by atoms with E-state index in [4.69, 9.17) is 4.74 Å². The number of aromatic hydroxyl groups is 1. The van der Waals surface area contributed by atoms with E-state index in [1.807, 2.05) is 30.3 Å². The monoisotopic (exact) mass is 199 g/mol. The number of anilines is 2. The molecule has 0 saturated heterocycles. The summed E-state index contributed by atoms with van der Waals surface area (Å²) in [6.07, 6.45) is 0. The molecular formula is C12H9NO2. The quantitative estimate of drug-likeness (QED) is 0.584. The number of ether oxygens (including phenoxy) is 1. The molecule has 0 fully saturated rings. The molecule has 0 spiro atoms. The Morgan fingerprint density at radius 2 is 1.73 bits per heavy atom. The van der Waals surface area contributed by atoms with Crippen molar-refractivity contribution in [2.75, 3.05) is 5.32 Å². The molecule has 0 aliphatic carbocycles. The van der Waals surface area contributed by atoms with Crippen molar-refractivity contribution >= 4 is 11.4 Å². The largest absolute Gasteiger partial charge is 0.504 e. The summed E-state index contributed by atoms with van der Waals surface area (Å²) < 4.78 is 5.60. The first-order valence-corrected chi connectivity index (χ1v) is 4.70. The zero-order valence-electron chi connectivity index (χ0n) is 7.90. The minimum Gasteiger partial charge on any atom is -0.504 e. The van der Waals surface area contributed by atoms with Crippen LogP contribution in [0, 0.1) is 0 Å². The summed E-state index contributed by atoms with van der Waals surface area (Å²) in [4.78, 5) is 0. The van der Waals surface area contributed by atoms with Crippen molar-refractivity contribution in [1.82, 2.24) is 0 Å². The second kappa shape index (κ2) is 2.92. The van der Waals surface area contributed by atoms with Gasteiger partial charge in [-0.3, -0.25) is 0 Å². The molecular weight excluding hydrogens is 190 g/mol. The fraction of sp³-hybridized carbons (Fsp3) is 0. The number of nitrogens with one attached hydrogen (secondary N) is 1. The van der Waals surface area contributed by atoms with Gasteiger partial charge >= 0.3 is 0 Å². The SMILES string of the molecule is Oc1cccc2c1Oc1ccccc1N2. The fourth-order valence-electron chi connectivity index (χ4n) is 1.64. The van der Waals surface area contributed by atoms with Gasteiger partial charge in [0.2, 0.25) is 0 Å². The van der Waals surface area contributed by atoms with Crippen LogP contribution in [0.3, 0.4) is 0 Å². The molecule has 1 heterocycles. The van der Waals surface area contributed by atoms with Crippen LogP contribution in [0.2, 0.25) is 0 Å². The molecule has 3 heteroatoms. The predicted octanol–water partition coefficient (Wildman–Crippen LogP) is 3.24. The van der Waals surface area contributed by atoms with Crippen LogP contribution in [0.5, 0.6) is 17.2 Å². The van der Waals surface area contributed by atoms with E-state index in [1.165, 1.54) is 0 Å². The molecule has 1 aliphatic heterocycles. The van der Waals surface area contributed by atoms with E-state index in [0.717, 1.165) is 17.1 Å². The smallest absolute Gasteiger partial charge is 0.192 e. The predicted molar refractivity (Wildman–Crippen MR) is 57.9 cm³/mol. The van der Waals surface area contributed by atoms with Crippen molar-refractivity contribution < 1.29 is 9.84 Å². The summed E-state index contributed by atoms with van der Waals surface area (Å²) in [5.41, 5.74) is 1.70. The first kappa shape index (κ1) is 8.17. The molecule has 2 aromatic carbocycles. The first-order valence-electron chi connectivity index (χ1n) is 4.70. The maximum absolute atomic E-state index is 9.62. The molecule has 0 unspecified atom stereocenters. The molecule has 74 valence electrons. The van der Waals surface area contributed by atoms with Gasteiger partial charge in [-0.05, 0) is 24.3 Å². The zero-order valence-corrected chi connectivity index (χ0v) is 7.90. The summed E-state index contributed by atoms with van der Waals surface area (Å²) in [6, 6.07) is 12.9. The summed E-state index contributed by atoms with van der Waals surface area (Å²) in [6.45, 7) is 0. The number of benzene rings is 2. The minimum absolute atomic E-state index is 0.148. The average Bonchev–Trinajstić information content (AvgIpc) is 2.27. The summed E-state index contributed by atoms with van der Waals surface area (Å²) in [7, 11) is 0. The van der Waals surface area contributed by atoms with Gasteiger partial charge in [-0.2, -0.15) is 0 Å². The van der Waals surface area contributed by atoms with E-state index in [9.17, 15) is 5.11 Å². The lowest BCUT2D eigenvalue weighted by atomic mass is 10.2. The van der Waals surface area contributed by atoms with Gasteiger partial charge in [-0.15, -0.1) is 0 Å². The third kappa shape index (κ3) is 1.21. The summed E-state index contributed by atoms with van der Waals surface area (Å²) in [5, 5.41) is 12.8. The fourth-order valence-corrected chi connectivity index (χ4v) is 1.64. The van der Waals surface area contributed by atoms with E-state index in [0.29, 0.717) is 5.75 Å². The number of phenolic OH excluding ortho intramolecular Hbond substituents is 1. The Morgan fingerprint density at radius 1 is 0.933 bits per heavy atom. The highest BCUT2D eigenvalue weighted by molar-refractivity contribution is 5.77. The number of hydrogen-bond acceptors (Lipinski definition) is 3. The van der Waals surface area contributed by atoms with E-state index < -0.39 is 0 Å². The van der Waals surface area contributed by atoms with Crippen molar-refractivity contribution in [3.05, 3.63) is 42.5 Å². The second-order valence-corrected chi connectivity index (χ2v) is 3.38. The Labute approximate surface area is 86.9 Å². The van der Waals surface area contributed by atoms with Gasteiger partial charge in [-0.1, -0.05) is 18.2 Å². The topological polar surface area (TPSA) is 41.5 Å². The lowest BCUT2D eigenvalue weighted by Crippen LogP contribution is -2.02. The van der Waals surface area contributed by atoms with Gasteiger partial charge in [0.25, 0.3) is 0 Å². The minimum atomic E-state index is 0.148. The van der Waals surface area contributed by atoms with Gasteiger partial charge in [0.15, 0.2) is 17.2 Å². The maximum Gasteiger partial charge on any atom is 0.192 e.